The molecule has 0 saturated carbocycles. The molecule has 0 aliphatic rings. The Labute approximate surface area is 145 Å². The normalized spacial score (nSPS) is 10.2. The fourth-order valence-electron chi connectivity index (χ4n) is 1.97. The van der Waals surface area contributed by atoms with E-state index < -0.39 is 5.97 Å². The van der Waals surface area contributed by atoms with Gasteiger partial charge < -0.3 is 14.8 Å². The number of esters is 1. The van der Waals surface area contributed by atoms with E-state index in [2.05, 4.69) is 5.32 Å². The average molecular weight is 354 g/mol. The Morgan fingerprint density at radius 2 is 1.78 bits per heavy atom. The first-order chi connectivity index (χ1) is 11.1. The van der Waals surface area contributed by atoms with Gasteiger partial charge in [0.1, 0.15) is 5.75 Å². The van der Waals surface area contributed by atoms with Gasteiger partial charge in [-0.3, -0.25) is 0 Å². The third-order valence-electron chi connectivity index (χ3n) is 3.11. The molecule has 0 saturated heterocycles. The summed E-state index contributed by atoms with van der Waals surface area (Å²) in [5.41, 5.74) is 1.10. The van der Waals surface area contributed by atoms with Crippen LogP contribution in [0, 0.1) is 0 Å². The molecule has 0 aromatic heterocycles. The van der Waals surface area contributed by atoms with Crippen molar-refractivity contribution in [3.63, 3.8) is 0 Å². The predicted molar refractivity (Wildman–Crippen MR) is 92.8 cm³/mol. The van der Waals surface area contributed by atoms with Gasteiger partial charge in [0.2, 0.25) is 0 Å². The molecule has 0 aliphatic carbocycles. The maximum absolute atomic E-state index is 11.7. The van der Waals surface area contributed by atoms with Gasteiger partial charge in [-0.2, -0.15) is 0 Å². The summed E-state index contributed by atoms with van der Waals surface area (Å²) in [6.07, 6.45) is 0.770. The van der Waals surface area contributed by atoms with E-state index in [1.165, 1.54) is 7.11 Å². The van der Waals surface area contributed by atoms with Gasteiger partial charge >= 0.3 is 5.97 Å². The first kappa shape index (κ1) is 17.4. The Morgan fingerprint density at radius 3 is 2.48 bits per heavy atom. The minimum atomic E-state index is -0.424. The summed E-state index contributed by atoms with van der Waals surface area (Å²) in [6, 6.07) is 12.3. The second-order valence-electron chi connectivity index (χ2n) is 4.76. The lowest BCUT2D eigenvalue weighted by molar-refractivity contribution is 0.0602. The van der Waals surface area contributed by atoms with Crippen LogP contribution in [-0.4, -0.2) is 26.2 Å². The third kappa shape index (κ3) is 5.34. The zero-order valence-corrected chi connectivity index (χ0v) is 14.2. The van der Waals surface area contributed by atoms with Crippen molar-refractivity contribution in [1.82, 2.24) is 0 Å². The van der Waals surface area contributed by atoms with Crippen molar-refractivity contribution < 1.29 is 14.3 Å². The molecule has 0 heterocycles. The standard InChI is InChI=1S/C17H17Cl2NO3/c1-22-17(21)15-11-13(19)5-8-16(15)20-9-2-10-23-14-6-3-12(18)4-7-14/h3-8,11,20H,2,9-10H2,1H3. The zero-order valence-electron chi connectivity index (χ0n) is 12.6. The molecule has 0 fully saturated rings. The molecule has 4 nitrogen and oxygen atoms in total. The van der Waals surface area contributed by atoms with Crippen molar-refractivity contribution in [1.29, 1.82) is 0 Å². The van der Waals surface area contributed by atoms with Crippen LogP contribution in [0.2, 0.25) is 10.0 Å². The fraction of sp³-hybridized carbons (Fsp3) is 0.235. The van der Waals surface area contributed by atoms with E-state index in [-0.39, 0.29) is 0 Å². The maximum Gasteiger partial charge on any atom is 0.340 e. The number of rotatable bonds is 7. The molecule has 0 amide bonds. The maximum atomic E-state index is 11.7. The minimum absolute atomic E-state index is 0.415. The summed E-state index contributed by atoms with van der Waals surface area (Å²) in [6.45, 7) is 1.20. The average Bonchev–Trinajstić information content (AvgIpc) is 2.56. The Bertz CT molecular complexity index is 659. The molecular formula is C17H17Cl2NO3. The van der Waals surface area contributed by atoms with Crippen molar-refractivity contribution in [3.8, 4) is 5.75 Å². The number of ether oxygens (including phenoxy) is 2. The molecule has 1 N–H and O–H groups in total. The first-order valence-corrected chi connectivity index (χ1v) is 7.86. The second-order valence-corrected chi connectivity index (χ2v) is 5.64. The molecule has 0 radical (unpaired) electrons. The van der Waals surface area contributed by atoms with Gasteiger partial charge in [0, 0.05) is 22.3 Å². The van der Waals surface area contributed by atoms with Crippen LogP contribution in [0.3, 0.4) is 0 Å². The molecule has 0 aliphatic heterocycles. The number of anilines is 1. The predicted octanol–water partition coefficient (Wildman–Crippen LogP) is 4.66. The zero-order chi connectivity index (χ0) is 16.7. The van der Waals surface area contributed by atoms with Crippen molar-refractivity contribution in [2.24, 2.45) is 0 Å². The Hall–Kier alpha value is -1.91. The number of benzene rings is 2. The summed E-state index contributed by atoms with van der Waals surface area (Å²) >= 11 is 11.7. The van der Waals surface area contributed by atoms with Gasteiger partial charge in [0.25, 0.3) is 0 Å². The highest BCUT2D eigenvalue weighted by atomic mass is 35.5. The number of halogens is 2. The molecule has 2 aromatic carbocycles. The highest BCUT2D eigenvalue weighted by Gasteiger charge is 2.12. The Kier molecular flexibility index (Phi) is 6.56. The number of methoxy groups -OCH3 is 1. The van der Waals surface area contributed by atoms with Gasteiger partial charge in [-0.05, 0) is 48.9 Å². The molecule has 6 heteroatoms. The number of hydrogen-bond acceptors (Lipinski definition) is 4. The van der Waals surface area contributed by atoms with Gasteiger partial charge in [0.15, 0.2) is 0 Å². The largest absolute Gasteiger partial charge is 0.494 e. The molecule has 2 aromatic rings. The molecule has 122 valence electrons. The summed E-state index contributed by atoms with van der Waals surface area (Å²) in [7, 11) is 1.34. The molecule has 2 rings (SSSR count). The number of nitrogens with one attached hydrogen (secondary N) is 1. The smallest absolute Gasteiger partial charge is 0.340 e. The lowest BCUT2D eigenvalue weighted by atomic mass is 10.1. The summed E-state index contributed by atoms with van der Waals surface area (Å²) in [5.74, 6) is 0.351. The van der Waals surface area contributed by atoms with Gasteiger partial charge in [-0.1, -0.05) is 23.2 Å². The van der Waals surface area contributed by atoms with E-state index in [4.69, 9.17) is 32.7 Å². The molecule has 23 heavy (non-hydrogen) atoms. The van der Waals surface area contributed by atoms with Gasteiger partial charge in [0.05, 0.1) is 19.3 Å². The Balaban J connectivity index is 1.82. The summed E-state index contributed by atoms with van der Waals surface area (Å²) in [4.78, 5) is 11.7. The van der Waals surface area contributed by atoms with Crippen LogP contribution in [0.5, 0.6) is 5.75 Å². The molecule has 0 bridgehead atoms. The number of carbonyl (C=O) groups excluding carboxylic acids is 1. The van der Waals surface area contributed by atoms with Crippen LogP contribution in [-0.2, 0) is 4.74 Å². The highest BCUT2D eigenvalue weighted by Crippen LogP contribution is 2.21. The van der Waals surface area contributed by atoms with Crippen LogP contribution in [0.1, 0.15) is 16.8 Å². The van der Waals surface area contributed by atoms with E-state index in [1.54, 1.807) is 30.3 Å². The van der Waals surface area contributed by atoms with Crippen molar-refractivity contribution >= 4 is 34.9 Å². The molecular weight excluding hydrogens is 337 g/mol. The van der Waals surface area contributed by atoms with Gasteiger partial charge in [-0.15, -0.1) is 0 Å². The Morgan fingerprint density at radius 1 is 1.09 bits per heavy atom. The quantitative estimate of drug-likeness (QED) is 0.580. The van der Waals surface area contributed by atoms with Gasteiger partial charge in [-0.25, -0.2) is 4.79 Å². The van der Waals surface area contributed by atoms with Crippen LogP contribution in [0.15, 0.2) is 42.5 Å². The number of carbonyl (C=O) groups is 1. The number of hydrogen-bond donors (Lipinski definition) is 1. The van der Waals surface area contributed by atoms with Crippen molar-refractivity contribution in [2.45, 2.75) is 6.42 Å². The van der Waals surface area contributed by atoms with Crippen LogP contribution in [0.4, 0.5) is 5.69 Å². The van der Waals surface area contributed by atoms with E-state index >= 15 is 0 Å². The van der Waals surface area contributed by atoms with Crippen LogP contribution in [0.25, 0.3) is 0 Å². The fourth-order valence-corrected chi connectivity index (χ4v) is 2.26. The minimum Gasteiger partial charge on any atom is -0.494 e. The summed E-state index contributed by atoms with van der Waals surface area (Å²) in [5, 5.41) is 4.36. The second kappa shape index (κ2) is 8.65. The molecule has 0 atom stereocenters. The van der Waals surface area contributed by atoms with Crippen molar-refractivity contribution in [2.75, 3.05) is 25.6 Å². The lowest BCUT2D eigenvalue weighted by Gasteiger charge is -2.11. The monoisotopic (exact) mass is 353 g/mol. The van der Waals surface area contributed by atoms with E-state index in [0.29, 0.717) is 34.4 Å². The third-order valence-corrected chi connectivity index (χ3v) is 3.59. The van der Waals surface area contributed by atoms with E-state index in [1.807, 2.05) is 12.1 Å². The summed E-state index contributed by atoms with van der Waals surface area (Å²) < 4.78 is 10.4. The van der Waals surface area contributed by atoms with Crippen LogP contribution >= 0.6 is 23.2 Å². The van der Waals surface area contributed by atoms with Crippen LogP contribution < -0.4 is 10.1 Å². The topological polar surface area (TPSA) is 47.6 Å². The SMILES string of the molecule is COC(=O)c1cc(Cl)ccc1NCCCOc1ccc(Cl)cc1. The van der Waals surface area contributed by atoms with E-state index in [9.17, 15) is 4.79 Å². The van der Waals surface area contributed by atoms with Crippen molar-refractivity contribution in [3.05, 3.63) is 58.1 Å². The highest BCUT2D eigenvalue weighted by molar-refractivity contribution is 6.31. The molecule has 0 spiro atoms. The molecule has 0 unspecified atom stereocenters. The lowest BCUT2D eigenvalue weighted by Crippen LogP contribution is -2.11. The van der Waals surface area contributed by atoms with E-state index in [0.717, 1.165) is 12.2 Å². The first-order valence-electron chi connectivity index (χ1n) is 7.10.